The van der Waals surface area contributed by atoms with Crippen molar-refractivity contribution < 1.29 is 4.42 Å². The predicted octanol–water partition coefficient (Wildman–Crippen LogP) is 3.28. The fourth-order valence-corrected chi connectivity index (χ4v) is 2.05. The third kappa shape index (κ3) is 4.29. The number of hydrogen-bond acceptors (Lipinski definition) is 5. The Hall–Kier alpha value is -1.88. The average Bonchev–Trinajstić information content (AvgIpc) is 2.90. The van der Waals surface area contributed by atoms with Crippen molar-refractivity contribution in [2.45, 2.75) is 34.2 Å². The summed E-state index contributed by atoms with van der Waals surface area (Å²) in [6.45, 7) is 10.8. The van der Waals surface area contributed by atoms with E-state index in [0.717, 1.165) is 18.8 Å². The smallest absolute Gasteiger partial charge is 0.322 e. The van der Waals surface area contributed by atoms with E-state index in [2.05, 4.69) is 67.5 Å². The van der Waals surface area contributed by atoms with Crippen molar-refractivity contribution in [3.8, 4) is 0 Å². The van der Waals surface area contributed by atoms with Crippen LogP contribution in [0, 0.1) is 12.8 Å². The Morgan fingerprint density at radius 1 is 1.19 bits per heavy atom. The van der Waals surface area contributed by atoms with E-state index in [1.165, 1.54) is 5.56 Å². The molecule has 0 atom stereocenters. The molecule has 2 aromatic rings. The lowest BCUT2D eigenvalue weighted by Gasteiger charge is -2.18. The molecule has 0 radical (unpaired) electrons. The molecule has 0 unspecified atom stereocenters. The molecule has 21 heavy (non-hydrogen) atoms. The fraction of sp³-hybridized carbons (Fsp3) is 0.500. The van der Waals surface area contributed by atoms with Crippen molar-refractivity contribution in [1.29, 1.82) is 0 Å². The highest BCUT2D eigenvalue weighted by molar-refractivity contribution is 5.56. The molecule has 0 aliphatic heterocycles. The zero-order valence-corrected chi connectivity index (χ0v) is 13.3. The van der Waals surface area contributed by atoms with Crippen molar-refractivity contribution in [2.24, 2.45) is 5.92 Å². The second-order valence-electron chi connectivity index (χ2n) is 5.58. The Labute approximate surface area is 126 Å². The van der Waals surface area contributed by atoms with E-state index < -0.39 is 0 Å². The second-order valence-corrected chi connectivity index (χ2v) is 5.58. The standard InChI is InChI=1S/C16H24N4O/c1-5-20(14-8-6-13(4)7-9-14)16-19-18-15(21-16)11-17-10-12(2)3/h6-9,12,17H,5,10-11H2,1-4H3. The first-order chi connectivity index (χ1) is 10.1. The van der Waals surface area contributed by atoms with Gasteiger partial charge in [-0.1, -0.05) is 36.6 Å². The second kappa shape index (κ2) is 7.22. The Bertz CT molecular complexity index is 548. The van der Waals surface area contributed by atoms with Gasteiger partial charge in [0.15, 0.2) is 0 Å². The van der Waals surface area contributed by atoms with Crippen molar-refractivity contribution in [3.05, 3.63) is 35.7 Å². The van der Waals surface area contributed by atoms with Crippen molar-refractivity contribution in [1.82, 2.24) is 15.5 Å². The summed E-state index contributed by atoms with van der Waals surface area (Å²) in [7, 11) is 0. The summed E-state index contributed by atoms with van der Waals surface area (Å²) >= 11 is 0. The largest absolute Gasteiger partial charge is 0.406 e. The van der Waals surface area contributed by atoms with Gasteiger partial charge in [0.2, 0.25) is 5.89 Å². The number of anilines is 2. The van der Waals surface area contributed by atoms with Crippen LogP contribution in [0.15, 0.2) is 28.7 Å². The van der Waals surface area contributed by atoms with Crippen LogP contribution >= 0.6 is 0 Å². The Morgan fingerprint density at radius 3 is 2.52 bits per heavy atom. The van der Waals surface area contributed by atoms with Crippen LogP contribution in [0.4, 0.5) is 11.7 Å². The zero-order chi connectivity index (χ0) is 15.2. The molecule has 0 fully saturated rings. The normalized spacial score (nSPS) is 11.1. The minimum atomic E-state index is 0.544. The number of aryl methyl sites for hydroxylation is 1. The summed E-state index contributed by atoms with van der Waals surface area (Å²) in [6, 6.07) is 8.85. The van der Waals surface area contributed by atoms with Crippen molar-refractivity contribution in [2.75, 3.05) is 18.0 Å². The number of nitrogens with one attached hydrogen (secondary N) is 1. The summed E-state index contributed by atoms with van der Waals surface area (Å²) in [4.78, 5) is 2.01. The topological polar surface area (TPSA) is 54.2 Å². The molecule has 0 aliphatic rings. The van der Waals surface area contributed by atoms with Gasteiger partial charge in [0, 0.05) is 12.2 Å². The maximum atomic E-state index is 5.74. The molecule has 0 amide bonds. The number of hydrogen-bond donors (Lipinski definition) is 1. The maximum Gasteiger partial charge on any atom is 0.322 e. The molecule has 0 aliphatic carbocycles. The number of nitrogens with zero attached hydrogens (tertiary/aromatic N) is 3. The summed E-state index contributed by atoms with van der Waals surface area (Å²) in [6.07, 6.45) is 0. The minimum Gasteiger partial charge on any atom is -0.406 e. The molecule has 2 rings (SSSR count). The first kappa shape index (κ1) is 15.5. The Balaban J connectivity index is 2.05. The molecule has 0 spiro atoms. The molecule has 114 valence electrons. The van der Waals surface area contributed by atoms with Gasteiger partial charge in [-0.3, -0.25) is 4.90 Å². The summed E-state index contributed by atoms with van der Waals surface area (Å²) in [5, 5.41) is 11.6. The summed E-state index contributed by atoms with van der Waals surface area (Å²) in [5.74, 6) is 1.23. The molecule has 5 nitrogen and oxygen atoms in total. The van der Waals surface area contributed by atoms with Crippen molar-refractivity contribution >= 4 is 11.7 Å². The fourth-order valence-electron chi connectivity index (χ4n) is 2.05. The lowest BCUT2D eigenvalue weighted by molar-refractivity contribution is 0.453. The monoisotopic (exact) mass is 288 g/mol. The van der Waals surface area contributed by atoms with Gasteiger partial charge < -0.3 is 9.73 Å². The average molecular weight is 288 g/mol. The Morgan fingerprint density at radius 2 is 1.90 bits per heavy atom. The molecule has 1 N–H and O–H groups in total. The van der Waals surface area contributed by atoms with Gasteiger partial charge >= 0.3 is 6.01 Å². The highest BCUT2D eigenvalue weighted by Crippen LogP contribution is 2.24. The van der Waals surface area contributed by atoms with Crippen LogP contribution in [0.5, 0.6) is 0 Å². The zero-order valence-electron chi connectivity index (χ0n) is 13.3. The van der Waals surface area contributed by atoms with E-state index in [1.54, 1.807) is 0 Å². The van der Waals surface area contributed by atoms with Crippen LogP contribution in [0.1, 0.15) is 32.2 Å². The molecule has 0 bridgehead atoms. The van der Waals surface area contributed by atoms with Gasteiger partial charge in [-0.05, 0) is 38.4 Å². The molecule has 1 heterocycles. The lowest BCUT2D eigenvalue weighted by atomic mass is 10.2. The number of rotatable bonds is 7. The Kier molecular flexibility index (Phi) is 5.33. The van der Waals surface area contributed by atoms with Crippen molar-refractivity contribution in [3.63, 3.8) is 0 Å². The van der Waals surface area contributed by atoms with E-state index in [9.17, 15) is 0 Å². The molecule has 5 heteroatoms. The highest BCUT2D eigenvalue weighted by Gasteiger charge is 2.14. The van der Waals surface area contributed by atoms with E-state index in [0.29, 0.717) is 24.4 Å². The van der Waals surface area contributed by atoms with E-state index >= 15 is 0 Å². The predicted molar refractivity (Wildman–Crippen MR) is 84.7 cm³/mol. The van der Waals surface area contributed by atoms with Gasteiger partial charge in [-0.15, -0.1) is 5.10 Å². The van der Waals surface area contributed by atoms with Crippen LogP contribution in [-0.2, 0) is 6.54 Å². The maximum absolute atomic E-state index is 5.74. The molecule has 0 saturated heterocycles. The quantitative estimate of drug-likeness (QED) is 0.847. The number of benzene rings is 1. The highest BCUT2D eigenvalue weighted by atomic mass is 16.4. The molecule has 1 aromatic heterocycles. The van der Waals surface area contributed by atoms with Gasteiger partial charge in [0.05, 0.1) is 6.54 Å². The third-order valence-electron chi connectivity index (χ3n) is 3.18. The number of aromatic nitrogens is 2. The molecular formula is C16H24N4O. The van der Waals surface area contributed by atoms with Crippen LogP contribution in [0.3, 0.4) is 0 Å². The molecule has 1 aromatic carbocycles. The van der Waals surface area contributed by atoms with Crippen LogP contribution in [0.25, 0.3) is 0 Å². The van der Waals surface area contributed by atoms with Crippen LogP contribution in [-0.4, -0.2) is 23.3 Å². The van der Waals surface area contributed by atoms with Gasteiger partial charge in [0.25, 0.3) is 0 Å². The summed E-state index contributed by atoms with van der Waals surface area (Å²) in [5.41, 5.74) is 2.30. The molecule has 0 saturated carbocycles. The summed E-state index contributed by atoms with van der Waals surface area (Å²) < 4.78 is 5.74. The molecular weight excluding hydrogens is 264 g/mol. The van der Waals surface area contributed by atoms with Crippen LogP contribution in [0.2, 0.25) is 0 Å². The first-order valence-electron chi connectivity index (χ1n) is 7.47. The lowest BCUT2D eigenvalue weighted by Crippen LogP contribution is -2.19. The van der Waals surface area contributed by atoms with Gasteiger partial charge in [-0.25, -0.2) is 0 Å². The van der Waals surface area contributed by atoms with Crippen LogP contribution < -0.4 is 10.2 Å². The van der Waals surface area contributed by atoms with Gasteiger partial charge in [-0.2, -0.15) is 0 Å². The minimum absolute atomic E-state index is 0.544. The first-order valence-corrected chi connectivity index (χ1v) is 7.47. The SMILES string of the molecule is CCN(c1ccc(C)cc1)c1nnc(CNCC(C)C)o1. The van der Waals surface area contributed by atoms with E-state index in [4.69, 9.17) is 4.42 Å². The van der Waals surface area contributed by atoms with E-state index in [-0.39, 0.29) is 0 Å². The third-order valence-corrected chi connectivity index (χ3v) is 3.18. The van der Waals surface area contributed by atoms with E-state index in [1.807, 2.05) is 4.90 Å². The van der Waals surface area contributed by atoms with Gasteiger partial charge in [0.1, 0.15) is 0 Å².